The van der Waals surface area contributed by atoms with Crippen LogP contribution in [0.2, 0.25) is 0 Å². The van der Waals surface area contributed by atoms with E-state index < -0.39 is 6.03 Å². The Balaban J connectivity index is 1.32. The standard InChI is InChI=1S/C22H27N7O3/c1-22(2,3)17-10-19(29-32-17)28-21(30)27-18-5-4-14(11-23-18)15-12-24-20(25-13-15)26-16-6-8-31-9-7-16/h4-5,10-13,16H,6-9H2,1-3H3,(H,24,25,26)(H2,23,27,28,29,30). The topological polar surface area (TPSA) is 127 Å². The maximum atomic E-state index is 12.2. The highest BCUT2D eigenvalue weighted by Crippen LogP contribution is 2.24. The third kappa shape index (κ3) is 5.58. The van der Waals surface area contributed by atoms with Gasteiger partial charge in [-0.3, -0.25) is 10.6 Å². The molecule has 1 aliphatic rings. The molecule has 0 spiro atoms. The number of rotatable bonds is 5. The van der Waals surface area contributed by atoms with E-state index in [1.807, 2.05) is 26.8 Å². The van der Waals surface area contributed by atoms with Crippen LogP contribution >= 0.6 is 0 Å². The summed E-state index contributed by atoms with van der Waals surface area (Å²) in [5.74, 6) is 2.04. The fourth-order valence-corrected chi connectivity index (χ4v) is 3.17. The van der Waals surface area contributed by atoms with Gasteiger partial charge in [0.1, 0.15) is 11.6 Å². The van der Waals surface area contributed by atoms with Gasteiger partial charge in [0.15, 0.2) is 5.82 Å². The van der Waals surface area contributed by atoms with E-state index in [4.69, 9.17) is 9.26 Å². The van der Waals surface area contributed by atoms with E-state index in [9.17, 15) is 4.79 Å². The lowest BCUT2D eigenvalue weighted by Gasteiger charge is -2.22. The molecule has 3 N–H and O–H groups in total. The molecule has 2 amide bonds. The SMILES string of the molecule is CC(C)(C)c1cc(NC(=O)Nc2ccc(-c3cnc(NC4CCOCC4)nc3)cn2)no1. The Morgan fingerprint density at radius 3 is 2.28 bits per heavy atom. The summed E-state index contributed by atoms with van der Waals surface area (Å²) >= 11 is 0. The Hall–Kier alpha value is -3.53. The summed E-state index contributed by atoms with van der Waals surface area (Å²) in [5, 5.41) is 12.5. The molecule has 0 radical (unpaired) electrons. The van der Waals surface area contributed by atoms with Crippen molar-refractivity contribution in [2.24, 2.45) is 0 Å². The van der Waals surface area contributed by atoms with E-state index in [-0.39, 0.29) is 5.41 Å². The van der Waals surface area contributed by atoms with E-state index in [1.165, 1.54) is 0 Å². The highest BCUT2D eigenvalue weighted by Gasteiger charge is 2.20. The van der Waals surface area contributed by atoms with Crippen LogP contribution in [0.4, 0.5) is 22.4 Å². The molecule has 0 unspecified atom stereocenters. The Morgan fingerprint density at radius 1 is 0.969 bits per heavy atom. The summed E-state index contributed by atoms with van der Waals surface area (Å²) in [7, 11) is 0. The molecule has 10 heteroatoms. The van der Waals surface area contributed by atoms with Gasteiger partial charge in [0.25, 0.3) is 0 Å². The molecule has 3 aromatic rings. The van der Waals surface area contributed by atoms with Crippen LogP contribution in [0.1, 0.15) is 39.4 Å². The largest absolute Gasteiger partial charge is 0.381 e. The number of nitrogens with one attached hydrogen (secondary N) is 3. The first-order valence-electron chi connectivity index (χ1n) is 10.5. The second kappa shape index (κ2) is 9.31. The summed E-state index contributed by atoms with van der Waals surface area (Å²) in [6, 6.07) is 5.15. The number of nitrogens with zero attached hydrogens (tertiary/aromatic N) is 4. The average Bonchev–Trinajstić information content (AvgIpc) is 3.25. The lowest BCUT2D eigenvalue weighted by atomic mass is 9.93. The van der Waals surface area contributed by atoms with Gasteiger partial charge < -0.3 is 14.6 Å². The first-order valence-corrected chi connectivity index (χ1v) is 10.5. The number of ether oxygens (including phenoxy) is 1. The molecule has 168 valence electrons. The second-order valence-electron chi connectivity index (χ2n) is 8.66. The fraction of sp³-hybridized carbons (Fsp3) is 0.409. The molecule has 1 saturated heterocycles. The molecule has 0 aromatic carbocycles. The number of pyridine rings is 1. The molecule has 0 aliphatic carbocycles. The molecule has 0 saturated carbocycles. The molecule has 1 aliphatic heterocycles. The Kier molecular flexibility index (Phi) is 6.31. The normalized spacial score (nSPS) is 14.7. The monoisotopic (exact) mass is 437 g/mol. The van der Waals surface area contributed by atoms with Crippen LogP contribution < -0.4 is 16.0 Å². The van der Waals surface area contributed by atoms with Crippen molar-refractivity contribution in [2.75, 3.05) is 29.2 Å². The van der Waals surface area contributed by atoms with Crippen molar-refractivity contribution in [3.05, 3.63) is 42.5 Å². The van der Waals surface area contributed by atoms with Gasteiger partial charge in [-0.05, 0) is 25.0 Å². The van der Waals surface area contributed by atoms with E-state index in [2.05, 4.69) is 36.1 Å². The molecule has 4 heterocycles. The van der Waals surface area contributed by atoms with Crippen LogP contribution in [0.25, 0.3) is 11.1 Å². The van der Waals surface area contributed by atoms with Crippen molar-refractivity contribution in [1.29, 1.82) is 0 Å². The van der Waals surface area contributed by atoms with Crippen molar-refractivity contribution in [2.45, 2.75) is 45.1 Å². The van der Waals surface area contributed by atoms with Crippen LogP contribution in [-0.2, 0) is 10.2 Å². The Bertz CT molecular complexity index is 1040. The molecule has 32 heavy (non-hydrogen) atoms. The number of aromatic nitrogens is 4. The fourth-order valence-electron chi connectivity index (χ4n) is 3.17. The predicted octanol–water partition coefficient (Wildman–Crippen LogP) is 4.06. The van der Waals surface area contributed by atoms with E-state index >= 15 is 0 Å². The minimum Gasteiger partial charge on any atom is -0.381 e. The van der Waals surface area contributed by atoms with Crippen LogP contribution in [0.15, 0.2) is 41.3 Å². The van der Waals surface area contributed by atoms with Gasteiger partial charge in [-0.1, -0.05) is 25.9 Å². The van der Waals surface area contributed by atoms with Crippen LogP contribution in [0.3, 0.4) is 0 Å². The Morgan fingerprint density at radius 2 is 1.66 bits per heavy atom. The molecule has 1 fully saturated rings. The minimum absolute atomic E-state index is 0.191. The lowest BCUT2D eigenvalue weighted by molar-refractivity contribution is 0.0903. The van der Waals surface area contributed by atoms with Gasteiger partial charge in [0.05, 0.1) is 0 Å². The molecule has 10 nitrogen and oxygen atoms in total. The third-order valence-corrected chi connectivity index (χ3v) is 5.04. The summed E-state index contributed by atoms with van der Waals surface area (Å²) in [5.41, 5.74) is 1.49. The number of amides is 2. The second-order valence-corrected chi connectivity index (χ2v) is 8.66. The first kappa shape index (κ1) is 21.7. The number of anilines is 3. The van der Waals surface area contributed by atoms with Crippen molar-refractivity contribution in [1.82, 2.24) is 20.1 Å². The minimum atomic E-state index is -0.453. The zero-order chi connectivity index (χ0) is 22.6. The molecule has 3 aromatic heterocycles. The van der Waals surface area contributed by atoms with Gasteiger partial charge in [-0.2, -0.15) is 0 Å². The van der Waals surface area contributed by atoms with Gasteiger partial charge in [0, 0.05) is 60.5 Å². The lowest BCUT2D eigenvalue weighted by Crippen LogP contribution is -2.28. The maximum Gasteiger partial charge on any atom is 0.326 e. The quantitative estimate of drug-likeness (QED) is 0.545. The van der Waals surface area contributed by atoms with Crippen molar-refractivity contribution in [3.63, 3.8) is 0 Å². The smallest absolute Gasteiger partial charge is 0.326 e. The molecular weight excluding hydrogens is 410 g/mol. The van der Waals surface area contributed by atoms with E-state index in [1.54, 1.807) is 30.7 Å². The van der Waals surface area contributed by atoms with Crippen molar-refractivity contribution >= 4 is 23.6 Å². The van der Waals surface area contributed by atoms with Crippen molar-refractivity contribution < 1.29 is 14.1 Å². The summed E-state index contributed by atoms with van der Waals surface area (Å²) < 4.78 is 10.6. The van der Waals surface area contributed by atoms with Gasteiger partial charge in [0.2, 0.25) is 5.95 Å². The average molecular weight is 438 g/mol. The first-order chi connectivity index (χ1) is 15.4. The highest BCUT2D eigenvalue weighted by molar-refractivity contribution is 5.98. The maximum absolute atomic E-state index is 12.2. The number of carbonyl (C=O) groups excluding carboxylic acids is 1. The highest BCUT2D eigenvalue weighted by atomic mass is 16.5. The summed E-state index contributed by atoms with van der Waals surface area (Å²) in [4.78, 5) is 25.3. The number of urea groups is 1. The van der Waals surface area contributed by atoms with Crippen LogP contribution in [-0.4, -0.2) is 45.4 Å². The predicted molar refractivity (Wildman–Crippen MR) is 121 cm³/mol. The zero-order valence-electron chi connectivity index (χ0n) is 18.4. The molecular formula is C22H27N7O3. The van der Waals surface area contributed by atoms with Crippen LogP contribution in [0, 0.1) is 0 Å². The molecule has 4 rings (SSSR count). The third-order valence-electron chi connectivity index (χ3n) is 5.04. The number of hydrogen-bond donors (Lipinski definition) is 3. The summed E-state index contributed by atoms with van der Waals surface area (Å²) in [6.45, 7) is 7.53. The summed E-state index contributed by atoms with van der Waals surface area (Å²) in [6.07, 6.45) is 7.07. The van der Waals surface area contributed by atoms with Gasteiger partial charge in [-0.25, -0.2) is 19.7 Å². The molecule has 0 bridgehead atoms. The van der Waals surface area contributed by atoms with Crippen molar-refractivity contribution in [3.8, 4) is 11.1 Å². The Labute approximate surface area is 186 Å². The molecule has 0 atom stereocenters. The van der Waals surface area contributed by atoms with Gasteiger partial charge in [-0.15, -0.1) is 0 Å². The number of carbonyl (C=O) groups is 1. The van der Waals surface area contributed by atoms with Crippen LogP contribution in [0.5, 0.6) is 0 Å². The van der Waals surface area contributed by atoms with E-state index in [0.717, 1.165) is 37.2 Å². The zero-order valence-corrected chi connectivity index (χ0v) is 18.4. The van der Waals surface area contributed by atoms with E-state index in [0.29, 0.717) is 29.4 Å². The van der Waals surface area contributed by atoms with Gasteiger partial charge >= 0.3 is 6.03 Å². The number of hydrogen-bond acceptors (Lipinski definition) is 8.